The molecule has 21 heavy (non-hydrogen) atoms. The fourth-order valence-corrected chi connectivity index (χ4v) is 2.53. The van der Waals surface area contributed by atoms with Crippen molar-refractivity contribution in [2.45, 2.75) is 26.8 Å². The summed E-state index contributed by atoms with van der Waals surface area (Å²) in [6.07, 6.45) is 0. The minimum atomic E-state index is -0.343. The molecule has 0 aliphatic carbocycles. The number of halogens is 1. The van der Waals surface area contributed by atoms with Crippen LogP contribution in [0.25, 0.3) is 0 Å². The van der Waals surface area contributed by atoms with E-state index in [0.717, 1.165) is 21.3 Å². The summed E-state index contributed by atoms with van der Waals surface area (Å²) >= 11 is 3.41. The van der Waals surface area contributed by atoms with E-state index in [-0.39, 0.29) is 16.7 Å². The smallest absolute Gasteiger partial charge is 0.274 e. The molecule has 0 saturated heterocycles. The van der Waals surface area contributed by atoms with E-state index in [1.807, 2.05) is 44.2 Å². The number of nitrogens with zero attached hydrogens (tertiary/aromatic N) is 1. The lowest BCUT2D eigenvalue weighted by Crippen LogP contribution is -2.08. The van der Waals surface area contributed by atoms with Gasteiger partial charge in [0, 0.05) is 27.8 Å². The van der Waals surface area contributed by atoms with Crippen molar-refractivity contribution in [1.82, 2.24) is 0 Å². The quantitative estimate of drug-likeness (QED) is 0.614. The Morgan fingerprint density at radius 2 is 1.76 bits per heavy atom. The van der Waals surface area contributed by atoms with Crippen LogP contribution in [0.4, 0.5) is 11.4 Å². The fraction of sp³-hybridized carbons (Fsp3) is 0.250. The minimum Gasteiger partial charge on any atom is -0.378 e. The van der Waals surface area contributed by atoms with E-state index >= 15 is 0 Å². The summed E-state index contributed by atoms with van der Waals surface area (Å²) in [5, 5.41) is 14.4. The summed E-state index contributed by atoms with van der Waals surface area (Å²) < 4.78 is 1.03. The Balaban J connectivity index is 2.28. The van der Waals surface area contributed by atoms with Crippen molar-refractivity contribution in [2.24, 2.45) is 0 Å². The first-order valence-electron chi connectivity index (χ1n) is 6.66. The van der Waals surface area contributed by atoms with Crippen LogP contribution >= 0.6 is 15.9 Å². The zero-order chi connectivity index (χ0) is 15.6. The number of nitrogens with one attached hydrogen (secondary N) is 1. The summed E-state index contributed by atoms with van der Waals surface area (Å²) in [5.74, 6) is 0. The van der Waals surface area contributed by atoms with Crippen LogP contribution in [-0.4, -0.2) is 4.92 Å². The second-order valence-electron chi connectivity index (χ2n) is 5.13. The van der Waals surface area contributed by atoms with Crippen LogP contribution in [0.2, 0.25) is 0 Å². The average molecular weight is 349 g/mol. The number of aryl methyl sites for hydroxylation is 2. The third kappa shape index (κ3) is 3.61. The fourth-order valence-electron chi connectivity index (χ4n) is 2.26. The Kier molecular flexibility index (Phi) is 4.63. The molecule has 0 fully saturated rings. The molecule has 110 valence electrons. The second kappa shape index (κ2) is 6.26. The molecule has 2 aromatic rings. The monoisotopic (exact) mass is 348 g/mol. The van der Waals surface area contributed by atoms with Crippen molar-refractivity contribution in [3.63, 3.8) is 0 Å². The van der Waals surface area contributed by atoms with Gasteiger partial charge in [0.05, 0.1) is 4.92 Å². The number of nitro benzene ring substituents is 1. The summed E-state index contributed by atoms with van der Waals surface area (Å²) in [5.41, 5.74) is 3.75. The molecule has 2 rings (SSSR count). The van der Waals surface area contributed by atoms with E-state index in [4.69, 9.17) is 0 Å². The SMILES string of the molecule is Cc1cc(C)c([N+](=O)[O-])cc1NC(C)c1ccc(Br)cc1. The zero-order valence-corrected chi connectivity index (χ0v) is 13.8. The number of nitro groups is 1. The normalized spacial score (nSPS) is 12.0. The molecule has 1 atom stereocenters. The highest BCUT2D eigenvalue weighted by molar-refractivity contribution is 9.10. The van der Waals surface area contributed by atoms with E-state index in [9.17, 15) is 10.1 Å². The Labute approximate surface area is 132 Å². The lowest BCUT2D eigenvalue weighted by molar-refractivity contribution is -0.385. The first kappa shape index (κ1) is 15.5. The van der Waals surface area contributed by atoms with Gasteiger partial charge in [-0.25, -0.2) is 0 Å². The number of benzene rings is 2. The van der Waals surface area contributed by atoms with Crippen LogP contribution < -0.4 is 5.32 Å². The molecule has 0 amide bonds. The van der Waals surface area contributed by atoms with Gasteiger partial charge in [-0.3, -0.25) is 10.1 Å². The lowest BCUT2D eigenvalue weighted by atomic mass is 10.1. The topological polar surface area (TPSA) is 55.2 Å². The maximum atomic E-state index is 11.1. The minimum absolute atomic E-state index is 0.0686. The Bertz CT molecular complexity index is 669. The van der Waals surface area contributed by atoms with Gasteiger partial charge in [0.15, 0.2) is 0 Å². The number of hydrogen-bond acceptors (Lipinski definition) is 3. The highest BCUT2D eigenvalue weighted by atomic mass is 79.9. The number of rotatable bonds is 4. The summed E-state index contributed by atoms with van der Waals surface area (Å²) in [6, 6.07) is 11.5. The van der Waals surface area contributed by atoms with E-state index in [1.165, 1.54) is 0 Å². The molecular weight excluding hydrogens is 332 g/mol. The highest BCUT2D eigenvalue weighted by Crippen LogP contribution is 2.29. The first-order chi connectivity index (χ1) is 9.88. The Hall–Kier alpha value is -1.88. The van der Waals surface area contributed by atoms with Crippen molar-refractivity contribution in [1.29, 1.82) is 0 Å². The van der Waals surface area contributed by atoms with Gasteiger partial charge in [0.2, 0.25) is 0 Å². The Morgan fingerprint density at radius 3 is 2.33 bits per heavy atom. The second-order valence-corrected chi connectivity index (χ2v) is 6.04. The van der Waals surface area contributed by atoms with Crippen molar-refractivity contribution in [3.05, 3.63) is 67.7 Å². The third-order valence-corrected chi connectivity index (χ3v) is 4.01. The molecule has 0 saturated carbocycles. The molecule has 5 heteroatoms. The van der Waals surface area contributed by atoms with E-state index in [0.29, 0.717) is 5.56 Å². The van der Waals surface area contributed by atoms with E-state index in [1.54, 1.807) is 13.0 Å². The summed E-state index contributed by atoms with van der Waals surface area (Å²) in [6.45, 7) is 5.74. The van der Waals surface area contributed by atoms with Crippen LogP contribution in [0.15, 0.2) is 40.9 Å². The van der Waals surface area contributed by atoms with Gasteiger partial charge in [0.25, 0.3) is 5.69 Å². The maximum Gasteiger partial charge on any atom is 0.274 e. The molecule has 0 spiro atoms. The summed E-state index contributed by atoms with van der Waals surface area (Å²) in [4.78, 5) is 10.7. The van der Waals surface area contributed by atoms with Crippen molar-refractivity contribution in [3.8, 4) is 0 Å². The van der Waals surface area contributed by atoms with Crippen LogP contribution in [0, 0.1) is 24.0 Å². The molecule has 0 bridgehead atoms. The zero-order valence-electron chi connectivity index (χ0n) is 12.2. The van der Waals surface area contributed by atoms with Crippen LogP contribution in [0.1, 0.15) is 29.7 Å². The van der Waals surface area contributed by atoms with Gasteiger partial charge in [-0.05, 0) is 50.1 Å². The molecule has 0 radical (unpaired) electrons. The van der Waals surface area contributed by atoms with Crippen LogP contribution in [0.3, 0.4) is 0 Å². The van der Waals surface area contributed by atoms with Gasteiger partial charge in [-0.2, -0.15) is 0 Å². The van der Waals surface area contributed by atoms with E-state index < -0.39 is 0 Å². The predicted molar refractivity (Wildman–Crippen MR) is 88.8 cm³/mol. The molecule has 2 aromatic carbocycles. The van der Waals surface area contributed by atoms with Gasteiger partial charge in [-0.1, -0.05) is 28.1 Å². The third-order valence-electron chi connectivity index (χ3n) is 3.48. The van der Waals surface area contributed by atoms with Gasteiger partial charge in [-0.15, -0.1) is 0 Å². The lowest BCUT2D eigenvalue weighted by Gasteiger charge is -2.18. The standard InChI is InChI=1S/C16H17BrN2O2/c1-10-8-11(2)16(19(20)21)9-15(10)18-12(3)13-4-6-14(17)7-5-13/h4-9,12,18H,1-3H3. The van der Waals surface area contributed by atoms with Crippen molar-refractivity contribution in [2.75, 3.05) is 5.32 Å². The van der Waals surface area contributed by atoms with Crippen LogP contribution in [-0.2, 0) is 0 Å². The highest BCUT2D eigenvalue weighted by Gasteiger charge is 2.15. The van der Waals surface area contributed by atoms with Crippen molar-refractivity contribution < 1.29 is 4.92 Å². The molecular formula is C16H17BrN2O2. The summed E-state index contributed by atoms with van der Waals surface area (Å²) in [7, 11) is 0. The Morgan fingerprint density at radius 1 is 1.14 bits per heavy atom. The molecule has 1 unspecified atom stereocenters. The largest absolute Gasteiger partial charge is 0.378 e. The average Bonchev–Trinajstić information content (AvgIpc) is 2.42. The predicted octanol–water partition coefficient (Wildman–Crippen LogP) is 5.15. The molecule has 0 aromatic heterocycles. The molecule has 4 nitrogen and oxygen atoms in total. The molecule has 1 N–H and O–H groups in total. The van der Waals surface area contributed by atoms with Crippen LogP contribution in [0.5, 0.6) is 0 Å². The van der Waals surface area contributed by atoms with Crippen molar-refractivity contribution >= 4 is 27.3 Å². The molecule has 0 aliphatic heterocycles. The molecule has 0 aliphatic rings. The van der Waals surface area contributed by atoms with Gasteiger partial charge < -0.3 is 5.32 Å². The first-order valence-corrected chi connectivity index (χ1v) is 7.45. The maximum absolute atomic E-state index is 11.1. The number of anilines is 1. The van der Waals surface area contributed by atoms with E-state index in [2.05, 4.69) is 21.2 Å². The number of hydrogen-bond donors (Lipinski definition) is 1. The van der Waals surface area contributed by atoms with Gasteiger partial charge in [0.1, 0.15) is 0 Å². The molecule has 0 heterocycles. The van der Waals surface area contributed by atoms with Gasteiger partial charge >= 0.3 is 0 Å².